The normalized spacial score (nSPS) is 21.0. The molecule has 0 bridgehead atoms. The van der Waals surface area contributed by atoms with Gasteiger partial charge in [0, 0.05) is 6.54 Å². The lowest BCUT2D eigenvalue weighted by atomic mass is 9.98. The van der Waals surface area contributed by atoms with Gasteiger partial charge in [0.1, 0.15) is 18.1 Å². The van der Waals surface area contributed by atoms with Crippen molar-refractivity contribution >= 4 is 35.5 Å². The monoisotopic (exact) mass is 460 g/mol. The molecule has 0 spiro atoms. The topological polar surface area (TPSA) is 162 Å². The molecular formula is C20H36N4O6S. The molecule has 178 valence electrons. The molecule has 6 unspecified atom stereocenters. The fourth-order valence-electron chi connectivity index (χ4n) is 3.44. The Hall–Kier alpha value is -1.85. The SMILES string of the molecule is CCC(C)C(NC(=O)C1CCCN1C(=O)C(NC(=O)C(N)CCSC)C(C)O)C(=O)O. The lowest BCUT2D eigenvalue weighted by molar-refractivity contribution is -0.146. The minimum absolute atomic E-state index is 0.273. The molecule has 6 N–H and O–H groups in total. The number of nitrogens with one attached hydrogen (secondary N) is 2. The van der Waals surface area contributed by atoms with Crippen molar-refractivity contribution in [1.29, 1.82) is 0 Å². The number of carboxylic acid groups (broad SMARTS) is 1. The van der Waals surface area contributed by atoms with Gasteiger partial charge in [0.2, 0.25) is 17.7 Å². The van der Waals surface area contributed by atoms with Crippen LogP contribution in [0.3, 0.4) is 0 Å². The molecular weight excluding hydrogens is 424 g/mol. The van der Waals surface area contributed by atoms with E-state index in [9.17, 15) is 29.4 Å². The molecule has 1 fully saturated rings. The molecule has 0 radical (unpaired) electrons. The Bertz CT molecular complexity index is 647. The number of aliphatic carboxylic acids is 1. The van der Waals surface area contributed by atoms with Crippen LogP contribution >= 0.6 is 11.8 Å². The highest BCUT2D eigenvalue weighted by atomic mass is 32.2. The Morgan fingerprint density at radius 3 is 2.35 bits per heavy atom. The third-order valence-electron chi connectivity index (χ3n) is 5.63. The van der Waals surface area contributed by atoms with Gasteiger partial charge in [0.15, 0.2) is 0 Å². The number of nitrogens with two attached hydrogens (primary N) is 1. The Kier molecular flexibility index (Phi) is 11.3. The minimum atomic E-state index is -1.24. The molecule has 0 aromatic carbocycles. The molecule has 1 rings (SSSR count). The molecule has 6 atom stereocenters. The zero-order valence-electron chi connectivity index (χ0n) is 18.7. The number of carboxylic acids is 1. The minimum Gasteiger partial charge on any atom is -0.480 e. The highest BCUT2D eigenvalue weighted by Crippen LogP contribution is 2.20. The summed E-state index contributed by atoms with van der Waals surface area (Å²) < 4.78 is 0. The average Bonchev–Trinajstić information content (AvgIpc) is 3.22. The molecule has 1 aliphatic heterocycles. The number of rotatable bonds is 12. The van der Waals surface area contributed by atoms with Crippen LogP contribution in [0.4, 0.5) is 0 Å². The maximum atomic E-state index is 13.1. The lowest BCUT2D eigenvalue weighted by Crippen LogP contribution is -2.59. The van der Waals surface area contributed by atoms with Gasteiger partial charge in [-0.05, 0) is 44.1 Å². The molecule has 3 amide bonds. The smallest absolute Gasteiger partial charge is 0.326 e. The molecule has 10 nitrogen and oxygen atoms in total. The van der Waals surface area contributed by atoms with E-state index < -0.39 is 54.0 Å². The second-order valence-corrected chi connectivity index (χ2v) is 9.00. The third-order valence-corrected chi connectivity index (χ3v) is 6.28. The molecule has 0 saturated carbocycles. The number of aliphatic hydroxyl groups excluding tert-OH is 1. The van der Waals surface area contributed by atoms with Crippen molar-refractivity contribution in [2.45, 2.75) is 76.7 Å². The summed E-state index contributed by atoms with van der Waals surface area (Å²) in [4.78, 5) is 51.1. The van der Waals surface area contributed by atoms with E-state index in [-0.39, 0.29) is 12.5 Å². The Balaban J connectivity index is 2.91. The van der Waals surface area contributed by atoms with Crippen molar-refractivity contribution in [3.63, 3.8) is 0 Å². The largest absolute Gasteiger partial charge is 0.480 e. The van der Waals surface area contributed by atoms with Crippen LogP contribution in [0.1, 0.15) is 46.5 Å². The fourth-order valence-corrected chi connectivity index (χ4v) is 3.93. The number of aliphatic hydroxyl groups is 1. The van der Waals surface area contributed by atoms with Gasteiger partial charge in [-0.1, -0.05) is 20.3 Å². The molecule has 11 heteroatoms. The first-order valence-electron chi connectivity index (χ1n) is 10.6. The predicted molar refractivity (Wildman–Crippen MR) is 118 cm³/mol. The van der Waals surface area contributed by atoms with Gasteiger partial charge in [-0.15, -0.1) is 0 Å². The van der Waals surface area contributed by atoms with E-state index in [0.29, 0.717) is 31.4 Å². The van der Waals surface area contributed by atoms with Crippen LogP contribution in [0, 0.1) is 5.92 Å². The average molecular weight is 461 g/mol. The zero-order valence-corrected chi connectivity index (χ0v) is 19.5. The van der Waals surface area contributed by atoms with Gasteiger partial charge in [-0.3, -0.25) is 14.4 Å². The van der Waals surface area contributed by atoms with Gasteiger partial charge in [0.25, 0.3) is 0 Å². The maximum Gasteiger partial charge on any atom is 0.326 e. The summed E-state index contributed by atoms with van der Waals surface area (Å²) in [6.07, 6.45) is 2.62. The van der Waals surface area contributed by atoms with Crippen molar-refractivity contribution in [2.75, 3.05) is 18.6 Å². The van der Waals surface area contributed by atoms with E-state index in [1.54, 1.807) is 18.7 Å². The van der Waals surface area contributed by atoms with Gasteiger partial charge >= 0.3 is 5.97 Å². The molecule has 0 aromatic rings. The van der Waals surface area contributed by atoms with Gasteiger partial charge in [0.05, 0.1) is 12.1 Å². The van der Waals surface area contributed by atoms with Crippen molar-refractivity contribution in [3.8, 4) is 0 Å². The highest BCUT2D eigenvalue weighted by molar-refractivity contribution is 7.98. The van der Waals surface area contributed by atoms with Crippen LogP contribution in [0.15, 0.2) is 0 Å². The summed E-state index contributed by atoms with van der Waals surface area (Å²) in [6.45, 7) is 5.22. The third kappa shape index (κ3) is 7.65. The van der Waals surface area contributed by atoms with Crippen molar-refractivity contribution < 1.29 is 29.4 Å². The fraction of sp³-hybridized carbons (Fsp3) is 0.800. The maximum absolute atomic E-state index is 13.1. The number of amides is 3. The van der Waals surface area contributed by atoms with Gasteiger partial charge in [-0.2, -0.15) is 11.8 Å². The summed E-state index contributed by atoms with van der Waals surface area (Å²) >= 11 is 1.54. The first-order valence-corrected chi connectivity index (χ1v) is 12.0. The van der Waals surface area contributed by atoms with E-state index >= 15 is 0 Å². The Morgan fingerprint density at radius 2 is 1.84 bits per heavy atom. The van der Waals surface area contributed by atoms with Gasteiger partial charge < -0.3 is 31.5 Å². The Labute approximate surface area is 187 Å². The van der Waals surface area contributed by atoms with E-state index in [2.05, 4.69) is 10.6 Å². The number of hydrogen-bond donors (Lipinski definition) is 5. The first kappa shape index (κ1) is 27.2. The van der Waals surface area contributed by atoms with E-state index in [1.165, 1.54) is 11.8 Å². The van der Waals surface area contributed by atoms with Crippen LogP contribution < -0.4 is 16.4 Å². The molecule has 0 aliphatic carbocycles. The molecule has 0 aromatic heterocycles. The standard InChI is InChI=1S/C20H36N4O6S/c1-5-11(2)15(20(29)30)22-18(27)14-7-6-9-24(14)19(28)16(12(3)25)23-17(26)13(21)8-10-31-4/h11-16,25H,5-10,21H2,1-4H3,(H,22,27)(H,23,26)(H,29,30). The number of hydrogen-bond acceptors (Lipinski definition) is 7. The van der Waals surface area contributed by atoms with Crippen LogP contribution in [-0.4, -0.2) is 87.6 Å². The predicted octanol–water partition coefficient (Wildman–Crippen LogP) is -0.461. The van der Waals surface area contributed by atoms with Crippen molar-refractivity contribution in [3.05, 3.63) is 0 Å². The van der Waals surface area contributed by atoms with Gasteiger partial charge in [-0.25, -0.2) is 4.79 Å². The quantitative estimate of drug-likeness (QED) is 0.261. The number of carbonyl (C=O) groups is 4. The number of thioether (sulfide) groups is 1. The zero-order chi connectivity index (χ0) is 23.7. The second-order valence-electron chi connectivity index (χ2n) is 8.01. The van der Waals surface area contributed by atoms with Crippen LogP contribution in [0.5, 0.6) is 0 Å². The Morgan fingerprint density at radius 1 is 1.19 bits per heavy atom. The van der Waals surface area contributed by atoms with E-state index in [1.807, 2.05) is 13.2 Å². The first-order chi connectivity index (χ1) is 14.5. The van der Waals surface area contributed by atoms with E-state index in [4.69, 9.17) is 5.73 Å². The molecule has 31 heavy (non-hydrogen) atoms. The summed E-state index contributed by atoms with van der Waals surface area (Å²) in [5.74, 6) is -2.42. The summed E-state index contributed by atoms with van der Waals surface area (Å²) in [6, 6.07) is -3.98. The van der Waals surface area contributed by atoms with Crippen molar-refractivity contribution in [1.82, 2.24) is 15.5 Å². The van der Waals surface area contributed by atoms with Crippen LogP contribution in [-0.2, 0) is 19.2 Å². The summed E-state index contributed by atoms with van der Waals surface area (Å²) in [7, 11) is 0. The second kappa shape index (κ2) is 12.9. The highest BCUT2D eigenvalue weighted by Gasteiger charge is 2.40. The number of carbonyl (C=O) groups excluding carboxylic acids is 3. The number of nitrogens with zero attached hydrogens (tertiary/aromatic N) is 1. The summed E-state index contributed by atoms with van der Waals surface area (Å²) in [5, 5.41) is 24.6. The molecule has 1 aliphatic rings. The molecule has 1 saturated heterocycles. The van der Waals surface area contributed by atoms with E-state index in [0.717, 1.165) is 0 Å². The number of likely N-dealkylation sites (tertiary alicyclic amines) is 1. The van der Waals surface area contributed by atoms with Crippen LogP contribution in [0.25, 0.3) is 0 Å². The van der Waals surface area contributed by atoms with Crippen LogP contribution in [0.2, 0.25) is 0 Å². The van der Waals surface area contributed by atoms with Crippen molar-refractivity contribution in [2.24, 2.45) is 11.7 Å². The molecule has 1 heterocycles. The lowest BCUT2D eigenvalue weighted by Gasteiger charge is -2.31. The summed E-state index contributed by atoms with van der Waals surface area (Å²) in [5.41, 5.74) is 5.85.